The molecule has 2 unspecified atom stereocenters. The summed E-state index contributed by atoms with van der Waals surface area (Å²) in [6.45, 7) is 4.42. The molecule has 3 N–H and O–H groups in total. The predicted molar refractivity (Wildman–Crippen MR) is 118 cm³/mol. The second-order valence-electron chi connectivity index (χ2n) is 9.03. The highest BCUT2D eigenvalue weighted by Gasteiger charge is 2.40. The van der Waals surface area contributed by atoms with E-state index in [-0.39, 0.29) is 24.2 Å². The molecule has 29 heavy (non-hydrogen) atoms. The lowest BCUT2D eigenvalue weighted by Crippen LogP contribution is -2.48. The van der Waals surface area contributed by atoms with Crippen LogP contribution in [0.15, 0.2) is 18.2 Å². The van der Waals surface area contributed by atoms with Gasteiger partial charge in [-0.3, -0.25) is 4.79 Å². The summed E-state index contributed by atoms with van der Waals surface area (Å²) in [4.78, 5) is 12.9. The number of halogens is 1. The van der Waals surface area contributed by atoms with Gasteiger partial charge >= 0.3 is 0 Å². The number of anilines is 1. The monoisotopic (exact) mass is 422 g/mol. The Bertz CT molecular complexity index is 679. The zero-order valence-electron chi connectivity index (χ0n) is 17.4. The third-order valence-electron chi connectivity index (χ3n) is 7.05. The molecule has 2 atom stereocenters. The number of benzene rings is 1. The molecule has 3 aliphatic rings. The minimum atomic E-state index is 0. The van der Waals surface area contributed by atoms with Crippen molar-refractivity contribution in [2.45, 2.75) is 57.9 Å². The highest BCUT2D eigenvalue weighted by Crippen LogP contribution is 2.42. The molecule has 1 aliphatic heterocycles. The van der Waals surface area contributed by atoms with Gasteiger partial charge in [-0.05, 0) is 74.8 Å². The fourth-order valence-electron chi connectivity index (χ4n) is 5.20. The van der Waals surface area contributed by atoms with Crippen LogP contribution < -0.4 is 15.8 Å². The predicted octanol–water partition coefficient (Wildman–Crippen LogP) is 4.31. The number of nitrogens with one attached hydrogen (secondary N) is 1. The lowest BCUT2D eigenvalue weighted by Gasteiger charge is -2.43. The van der Waals surface area contributed by atoms with Gasteiger partial charge in [-0.2, -0.15) is 0 Å². The Morgan fingerprint density at radius 1 is 1.17 bits per heavy atom. The van der Waals surface area contributed by atoms with Crippen molar-refractivity contribution in [1.29, 1.82) is 0 Å². The fourth-order valence-corrected chi connectivity index (χ4v) is 5.20. The smallest absolute Gasteiger partial charge is 0.227 e. The van der Waals surface area contributed by atoms with E-state index in [2.05, 4.69) is 12.2 Å². The fraction of sp³-hybridized carbons (Fsp3) is 0.696. The van der Waals surface area contributed by atoms with Crippen LogP contribution in [0.5, 0.6) is 5.75 Å². The van der Waals surface area contributed by atoms with E-state index in [1.54, 1.807) is 0 Å². The minimum absolute atomic E-state index is 0. The molecule has 1 aromatic carbocycles. The molecule has 0 aromatic heterocycles. The highest BCUT2D eigenvalue weighted by atomic mass is 35.5. The summed E-state index contributed by atoms with van der Waals surface area (Å²) in [6, 6.07) is 6.27. The largest absolute Gasteiger partial charge is 0.493 e. The molecule has 1 aromatic rings. The van der Waals surface area contributed by atoms with E-state index in [9.17, 15) is 4.79 Å². The Morgan fingerprint density at radius 2 is 1.86 bits per heavy atom. The van der Waals surface area contributed by atoms with Crippen LogP contribution in [-0.4, -0.2) is 31.8 Å². The molecule has 0 radical (unpaired) electrons. The van der Waals surface area contributed by atoms with E-state index >= 15 is 0 Å². The molecule has 2 aliphatic carbocycles. The highest BCUT2D eigenvalue weighted by molar-refractivity contribution is 5.92. The van der Waals surface area contributed by atoms with Crippen LogP contribution in [0.25, 0.3) is 0 Å². The summed E-state index contributed by atoms with van der Waals surface area (Å²) >= 11 is 0. The van der Waals surface area contributed by atoms with Gasteiger partial charge in [-0.15, -0.1) is 12.4 Å². The average Bonchev–Trinajstić information content (AvgIpc) is 2.69. The van der Waals surface area contributed by atoms with Gasteiger partial charge in [0, 0.05) is 36.9 Å². The Morgan fingerprint density at radius 3 is 2.55 bits per heavy atom. The lowest BCUT2D eigenvalue weighted by atomic mass is 9.65. The summed E-state index contributed by atoms with van der Waals surface area (Å²) in [5, 5.41) is 3.14. The average molecular weight is 423 g/mol. The second-order valence-corrected chi connectivity index (χ2v) is 9.03. The van der Waals surface area contributed by atoms with Crippen molar-refractivity contribution in [3.63, 3.8) is 0 Å². The maximum absolute atomic E-state index is 12.9. The summed E-state index contributed by atoms with van der Waals surface area (Å²) in [6.07, 6.45) is 7.60. The van der Waals surface area contributed by atoms with Crippen LogP contribution in [0.4, 0.5) is 5.69 Å². The van der Waals surface area contributed by atoms with Crippen molar-refractivity contribution in [2.75, 3.05) is 25.1 Å². The van der Waals surface area contributed by atoms with Crippen LogP contribution in [-0.2, 0) is 9.53 Å². The Hall–Kier alpha value is -1.30. The van der Waals surface area contributed by atoms with Crippen LogP contribution in [0.2, 0.25) is 0 Å². The van der Waals surface area contributed by atoms with Gasteiger partial charge < -0.3 is 20.5 Å². The van der Waals surface area contributed by atoms with Gasteiger partial charge in [0.25, 0.3) is 0 Å². The number of rotatable bonds is 5. The van der Waals surface area contributed by atoms with E-state index in [0.717, 1.165) is 55.9 Å². The van der Waals surface area contributed by atoms with E-state index in [1.807, 2.05) is 18.2 Å². The third-order valence-corrected chi connectivity index (χ3v) is 7.05. The van der Waals surface area contributed by atoms with Crippen molar-refractivity contribution in [3.05, 3.63) is 23.8 Å². The number of aryl methyl sites for hydroxylation is 1. The molecular formula is C23H35ClN2O3. The molecular weight excluding hydrogens is 388 g/mol. The van der Waals surface area contributed by atoms with Crippen molar-refractivity contribution in [2.24, 2.45) is 29.4 Å². The summed E-state index contributed by atoms with van der Waals surface area (Å²) < 4.78 is 11.5. The lowest BCUT2D eigenvalue weighted by molar-refractivity contribution is -0.122. The van der Waals surface area contributed by atoms with Crippen LogP contribution >= 0.6 is 12.4 Å². The number of ether oxygens (including phenoxy) is 2. The van der Waals surface area contributed by atoms with Gasteiger partial charge in [0.15, 0.2) is 0 Å². The van der Waals surface area contributed by atoms with Gasteiger partial charge in [-0.1, -0.05) is 12.5 Å². The maximum atomic E-state index is 12.9. The summed E-state index contributed by atoms with van der Waals surface area (Å²) in [5.74, 6) is 2.68. The van der Waals surface area contributed by atoms with Crippen molar-refractivity contribution < 1.29 is 14.3 Å². The van der Waals surface area contributed by atoms with Crippen LogP contribution in [0.1, 0.15) is 50.5 Å². The van der Waals surface area contributed by atoms with Crippen LogP contribution in [0, 0.1) is 30.6 Å². The van der Waals surface area contributed by atoms with Crippen molar-refractivity contribution in [3.8, 4) is 5.75 Å². The van der Waals surface area contributed by atoms with E-state index in [0.29, 0.717) is 30.4 Å². The molecule has 6 heteroatoms. The molecule has 5 nitrogen and oxygen atoms in total. The first-order valence-electron chi connectivity index (χ1n) is 11.0. The third kappa shape index (κ3) is 5.44. The Kier molecular flexibility index (Phi) is 7.83. The molecule has 1 heterocycles. The molecule has 3 fully saturated rings. The van der Waals surface area contributed by atoms with Gasteiger partial charge in [0.05, 0.1) is 6.61 Å². The number of hydrogen-bond acceptors (Lipinski definition) is 4. The van der Waals surface area contributed by atoms with E-state index in [1.165, 1.54) is 19.3 Å². The normalized spacial score (nSPS) is 29.6. The molecule has 1 saturated heterocycles. The number of amides is 1. The number of carbonyl (C=O) groups excluding carboxylic acids is 1. The zero-order valence-corrected chi connectivity index (χ0v) is 18.2. The van der Waals surface area contributed by atoms with Crippen molar-refractivity contribution >= 4 is 24.0 Å². The Labute approximate surface area is 180 Å². The van der Waals surface area contributed by atoms with E-state index in [4.69, 9.17) is 15.2 Å². The molecule has 162 valence electrons. The SMILES string of the molecule is Cc1ccc(NC(=O)C2CC3CCCC(C2)C3N)cc1OCC1CCOCC1.Cl. The summed E-state index contributed by atoms with van der Waals surface area (Å²) in [7, 11) is 0. The number of hydrogen-bond donors (Lipinski definition) is 2. The molecule has 2 saturated carbocycles. The minimum Gasteiger partial charge on any atom is -0.493 e. The van der Waals surface area contributed by atoms with Crippen LogP contribution in [0.3, 0.4) is 0 Å². The first kappa shape index (κ1) is 22.4. The standard InChI is InChI=1S/C23H34N2O3.ClH/c1-15-5-6-20(13-21(15)28-14-16-7-9-27-10-8-16)25-23(26)19-11-17-3-2-4-18(12-19)22(17)24;/h5-6,13,16-19,22H,2-4,7-12,14,24H2,1H3,(H,25,26);1H. The topological polar surface area (TPSA) is 73.6 Å². The number of carbonyl (C=O) groups is 1. The second kappa shape index (κ2) is 10.1. The van der Waals surface area contributed by atoms with Gasteiger partial charge in [-0.25, -0.2) is 0 Å². The molecule has 0 spiro atoms. The number of fused-ring (bicyclic) bond motifs is 2. The Balaban J connectivity index is 0.00000240. The zero-order chi connectivity index (χ0) is 19.5. The maximum Gasteiger partial charge on any atom is 0.227 e. The van der Waals surface area contributed by atoms with E-state index < -0.39 is 0 Å². The summed E-state index contributed by atoms with van der Waals surface area (Å²) in [5.41, 5.74) is 8.31. The first-order valence-corrected chi connectivity index (χ1v) is 11.0. The molecule has 4 rings (SSSR count). The van der Waals surface area contributed by atoms with Gasteiger partial charge in [0.1, 0.15) is 5.75 Å². The van der Waals surface area contributed by atoms with Gasteiger partial charge in [0.2, 0.25) is 5.91 Å². The molecule has 1 amide bonds. The van der Waals surface area contributed by atoms with Crippen molar-refractivity contribution in [1.82, 2.24) is 0 Å². The molecule has 2 bridgehead atoms. The quantitative estimate of drug-likeness (QED) is 0.741. The first-order chi connectivity index (χ1) is 13.6. The number of nitrogens with two attached hydrogens (primary N) is 1.